The molecule has 1 fully saturated rings. The van der Waals surface area contributed by atoms with Gasteiger partial charge in [0.05, 0.1) is 16.9 Å². The first kappa shape index (κ1) is 19.2. The van der Waals surface area contributed by atoms with Crippen LogP contribution in [0.4, 0.5) is 0 Å². The Morgan fingerprint density at radius 1 is 0.875 bits per heavy atom. The number of hydrogen-bond acceptors (Lipinski definition) is 4. The van der Waals surface area contributed by atoms with Crippen molar-refractivity contribution in [1.29, 1.82) is 0 Å². The smallest absolute Gasteiger partial charge is 0.183 e. The number of aromatic nitrogens is 6. The van der Waals surface area contributed by atoms with Crippen molar-refractivity contribution in [2.45, 2.75) is 51.9 Å². The van der Waals surface area contributed by atoms with E-state index < -0.39 is 0 Å². The van der Waals surface area contributed by atoms with Crippen molar-refractivity contribution in [3.05, 3.63) is 71.9 Å². The number of hydrogen-bond donors (Lipinski definition) is 0. The van der Waals surface area contributed by atoms with E-state index in [2.05, 4.69) is 62.6 Å². The van der Waals surface area contributed by atoms with Crippen LogP contribution in [0.25, 0.3) is 33.8 Å². The van der Waals surface area contributed by atoms with Crippen LogP contribution in [-0.2, 0) is 0 Å². The second-order valence-electron chi connectivity index (χ2n) is 8.86. The minimum absolute atomic E-state index is 0.527. The molecule has 32 heavy (non-hydrogen) atoms. The van der Waals surface area contributed by atoms with Crippen LogP contribution < -0.4 is 0 Å². The Kier molecular flexibility index (Phi) is 4.52. The van der Waals surface area contributed by atoms with Crippen molar-refractivity contribution >= 4 is 16.7 Å². The number of benzene rings is 2. The molecule has 0 unspecified atom stereocenters. The quantitative estimate of drug-likeness (QED) is 0.369. The van der Waals surface area contributed by atoms with Crippen LogP contribution in [0.1, 0.15) is 55.2 Å². The first-order valence-electron chi connectivity index (χ1n) is 11.5. The summed E-state index contributed by atoms with van der Waals surface area (Å²) in [6.07, 6.45) is 8.52. The molecule has 0 saturated heterocycles. The molecule has 0 spiro atoms. The van der Waals surface area contributed by atoms with E-state index in [0.717, 1.165) is 45.1 Å². The molecule has 6 heteroatoms. The minimum atomic E-state index is 0.527. The summed E-state index contributed by atoms with van der Waals surface area (Å²) >= 11 is 0. The lowest BCUT2D eigenvalue weighted by Crippen LogP contribution is -2.11. The van der Waals surface area contributed by atoms with Crippen molar-refractivity contribution in [3.63, 3.8) is 0 Å². The molecular weight excluding hydrogens is 396 g/mol. The van der Waals surface area contributed by atoms with Crippen molar-refractivity contribution in [3.8, 4) is 17.1 Å². The van der Waals surface area contributed by atoms with Crippen LogP contribution in [0.5, 0.6) is 0 Å². The zero-order valence-corrected chi connectivity index (χ0v) is 18.5. The van der Waals surface area contributed by atoms with E-state index in [1.54, 1.807) is 0 Å². The maximum Gasteiger partial charge on any atom is 0.183 e. The molecule has 0 N–H and O–H groups in total. The van der Waals surface area contributed by atoms with Crippen LogP contribution in [0.2, 0.25) is 0 Å². The summed E-state index contributed by atoms with van der Waals surface area (Å²) in [7, 11) is 0. The average molecular weight is 423 g/mol. The zero-order chi connectivity index (χ0) is 21.7. The Balaban J connectivity index is 1.58. The molecule has 1 aliphatic rings. The Morgan fingerprint density at radius 2 is 1.69 bits per heavy atom. The SMILES string of the molecule is Cc1cn(-c2ccc3nnc4c(C)nc(-c5ccccc5)n4c3c2)c(C2CCCCC2)n1. The van der Waals surface area contributed by atoms with E-state index in [1.807, 2.05) is 25.1 Å². The molecule has 0 radical (unpaired) electrons. The van der Waals surface area contributed by atoms with Crippen LogP contribution in [0, 0.1) is 13.8 Å². The van der Waals surface area contributed by atoms with E-state index in [4.69, 9.17) is 9.97 Å². The fourth-order valence-electron chi connectivity index (χ4n) is 5.05. The summed E-state index contributed by atoms with van der Waals surface area (Å²) in [5.41, 5.74) is 6.77. The lowest BCUT2D eigenvalue weighted by atomic mass is 9.88. The Bertz CT molecular complexity index is 1420. The van der Waals surface area contributed by atoms with E-state index in [1.165, 1.54) is 37.9 Å². The molecule has 5 aromatic rings. The minimum Gasteiger partial charge on any atom is -0.303 e. The fourth-order valence-corrected chi connectivity index (χ4v) is 5.05. The van der Waals surface area contributed by atoms with Gasteiger partial charge in [-0.15, -0.1) is 10.2 Å². The van der Waals surface area contributed by atoms with Crippen LogP contribution >= 0.6 is 0 Å². The molecule has 3 aromatic heterocycles. The molecule has 0 bridgehead atoms. The lowest BCUT2D eigenvalue weighted by Gasteiger charge is -2.22. The van der Waals surface area contributed by atoms with Gasteiger partial charge in [0.1, 0.15) is 17.2 Å². The second kappa shape index (κ2) is 7.55. The molecule has 160 valence electrons. The van der Waals surface area contributed by atoms with Gasteiger partial charge in [0, 0.05) is 23.4 Å². The highest BCUT2D eigenvalue weighted by molar-refractivity contribution is 5.82. The maximum atomic E-state index is 4.94. The normalized spacial score (nSPS) is 15.1. The summed E-state index contributed by atoms with van der Waals surface area (Å²) in [6.45, 7) is 4.08. The summed E-state index contributed by atoms with van der Waals surface area (Å²) in [4.78, 5) is 9.79. The molecule has 3 heterocycles. The molecule has 1 aliphatic carbocycles. The Labute approximate surface area is 187 Å². The third-order valence-corrected chi connectivity index (χ3v) is 6.61. The Hall–Kier alpha value is -3.54. The predicted molar refractivity (Wildman–Crippen MR) is 126 cm³/mol. The molecule has 0 atom stereocenters. The molecule has 1 saturated carbocycles. The van der Waals surface area contributed by atoms with Crippen LogP contribution in [-0.4, -0.2) is 29.1 Å². The van der Waals surface area contributed by atoms with Crippen molar-refractivity contribution in [2.75, 3.05) is 0 Å². The largest absolute Gasteiger partial charge is 0.303 e. The summed E-state index contributed by atoms with van der Waals surface area (Å²) < 4.78 is 4.42. The van der Waals surface area contributed by atoms with Gasteiger partial charge in [0.25, 0.3) is 0 Å². The molecular formula is C26H26N6. The molecule has 2 aromatic carbocycles. The number of imidazole rings is 2. The topological polar surface area (TPSA) is 60.9 Å². The van der Waals surface area contributed by atoms with E-state index in [0.29, 0.717) is 5.92 Å². The highest BCUT2D eigenvalue weighted by atomic mass is 15.2. The molecule has 0 aliphatic heterocycles. The van der Waals surface area contributed by atoms with Crippen molar-refractivity contribution in [1.82, 2.24) is 29.1 Å². The van der Waals surface area contributed by atoms with E-state index in [9.17, 15) is 0 Å². The van der Waals surface area contributed by atoms with Gasteiger partial charge in [-0.1, -0.05) is 49.6 Å². The third kappa shape index (κ3) is 3.09. The first-order valence-corrected chi connectivity index (χ1v) is 11.5. The van der Waals surface area contributed by atoms with Crippen molar-refractivity contribution < 1.29 is 0 Å². The van der Waals surface area contributed by atoms with Gasteiger partial charge < -0.3 is 4.57 Å². The lowest BCUT2D eigenvalue weighted by molar-refractivity contribution is 0.425. The number of rotatable bonds is 3. The summed E-state index contributed by atoms with van der Waals surface area (Å²) in [5.74, 6) is 2.61. The first-order chi connectivity index (χ1) is 15.7. The van der Waals surface area contributed by atoms with Gasteiger partial charge in [-0.2, -0.15) is 0 Å². The van der Waals surface area contributed by atoms with Crippen LogP contribution in [0.15, 0.2) is 54.7 Å². The third-order valence-electron chi connectivity index (χ3n) is 6.61. The van der Waals surface area contributed by atoms with Crippen molar-refractivity contribution in [2.24, 2.45) is 0 Å². The number of nitrogens with zero attached hydrogens (tertiary/aromatic N) is 6. The average Bonchev–Trinajstić information content (AvgIpc) is 3.40. The fraction of sp³-hybridized carbons (Fsp3) is 0.308. The van der Waals surface area contributed by atoms with E-state index >= 15 is 0 Å². The van der Waals surface area contributed by atoms with Crippen LogP contribution in [0.3, 0.4) is 0 Å². The van der Waals surface area contributed by atoms with Gasteiger partial charge in [-0.3, -0.25) is 4.40 Å². The molecule has 6 nitrogen and oxygen atoms in total. The monoisotopic (exact) mass is 422 g/mol. The van der Waals surface area contributed by atoms with Gasteiger partial charge in [-0.05, 0) is 44.9 Å². The van der Waals surface area contributed by atoms with Gasteiger partial charge in [-0.25, -0.2) is 9.97 Å². The molecule has 0 amide bonds. The molecule has 6 rings (SSSR count). The zero-order valence-electron chi connectivity index (χ0n) is 18.5. The highest BCUT2D eigenvalue weighted by Crippen LogP contribution is 2.34. The maximum absolute atomic E-state index is 4.94. The second-order valence-corrected chi connectivity index (χ2v) is 8.86. The van der Waals surface area contributed by atoms with Gasteiger partial charge in [0.2, 0.25) is 0 Å². The Morgan fingerprint density at radius 3 is 2.50 bits per heavy atom. The van der Waals surface area contributed by atoms with Gasteiger partial charge >= 0.3 is 0 Å². The number of fused-ring (bicyclic) bond motifs is 3. The summed E-state index contributed by atoms with van der Waals surface area (Å²) in [5, 5.41) is 8.98. The highest BCUT2D eigenvalue weighted by Gasteiger charge is 2.22. The number of aryl methyl sites for hydroxylation is 2. The standard InChI is InChI=1S/C26H26N6/c1-17-16-31(25(27-17)19-9-5-3-6-10-19)21-13-14-22-23(15-21)32-24(30-29-22)18(2)28-26(32)20-11-7-4-8-12-20/h4,7-8,11-16,19H,3,5-6,9-10H2,1-2H3. The van der Waals surface area contributed by atoms with E-state index in [-0.39, 0.29) is 0 Å². The summed E-state index contributed by atoms with van der Waals surface area (Å²) in [6, 6.07) is 16.7. The predicted octanol–water partition coefficient (Wildman–Crippen LogP) is 5.79. The van der Waals surface area contributed by atoms with Gasteiger partial charge in [0.15, 0.2) is 5.65 Å².